The second-order valence-corrected chi connectivity index (χ2v) is 4.55. The maximum absolute atomic E-state index is 10.6. The second kappa shape index (κ2) is 6.51. The molecule has 0 aliphatic carbocycles. The highest BCUT2D eigenvalue weighted by atomic mass is 16.5. The minimum atomic E-state index is -0.791. The fourth-order valence-corrected chi connectivity index (χ4v) is 2.20. The monoisotopic (exact) mass is 253 g/mol. The summed E-state index contributed by atoms with van der Waals surface area (Å²) in [6.45, 7) is 4.15. The van der Waals surface area contributed by atoms with E-state index >= 15 is 0 Å². The zero-order valence-corrected chi connectivity index (χ0v) is 10.4. The summed E-state index contributed by atoms with van der Waals surface area (Å²) >= 11 is 0. The molecule has 0 spiro atoms. The number of hydrogen-bond donors (Lipinski definition) is 1. The Kier molecular flexibility index (Phi) is 4.72. The van der Waals surface area contributed by atoms with Gasteiger partial charge in [0.15, 0.2) is 0 Å². The van der Waals surface area contributed by atoms with Crippen LogP contribution in [0.15, 0.2) is 18.7 Å². The molecule has 0 saturated carbocycles. The van der Waals surface area contributed by atoms with Gasteiger partial charge in [0.25, 0.3) is 0 Å². The van der Waals surface area contributed by atoms with Crippen LogP contribution in [0.4, 0.5) is 0 Å². The average molecular weight is 253 g/mol. The van der Waals surface area contributed by atoms with Gasteiger partial charge < -0.3 is 14.4 Å². The number of hydrogen-bond acceptors (Lipinski definition) is 4. The lowest BCUT2D eigenvalue weighted by Gasteiger charge is -2.32. The first-order valence-corrected chi connectivity index (χ1v) is 6.25. The molecule has 1 unspecified atom stereocenters. The maximum Gasteiger partial charge on any atom is 0.306 e. The lowest BCUT2D eigenvalue weighted by molar-refractivity contribution is -0.142. The Hall–Kier alpha value is -1.40. The number of aliphatic carboxylic acids is 1. The van der Waals surface area contributed by atoms with E-state index in [4.69, 9.17) is 9.84 Å². The van der Waals surface area contributed by atoms with Gasteiger partial charge >= 0.3 is 5.97 Å². The van der Waals surface area contributed by atoms with Crippen molar-refractivity contribution in [2.45, 2.75) is 25.5 Å². The van der Waals surface area contributed by atoms with Crippen LogP contribution in [-0.2, 0) is 16.1 Å². The summed E-state index contributed by atoms with van der Waals surface area (Å²) in [5.74, 6) is -0.791. The molecule has 1 saturated heterocycles. The summed E-state index contributed by atoms with van der Waals surface area (Å²) in [4.78, 5) is 16.9. The summed E-state index contributed by atoms with van der Waals surface area (Å²) in [5, 5.41) is 8.74. The van der Waals surface area contributed by atoms with E-state index in [-0.39, 0.29) is 12.5 Å². The molecule has 18 heavy (non-hydrogen) atoms. The van der Waals surface area contributed by atoms with Gasteiger partial charge in [-0.25, -0.2) is 4.98 Å². The van der Waals surface area contributed by atoms with E-state index in [1.54, 1.807) is 6.20 Å². The summed E-state index contributed by atoms with van der Waals surface area (Å²) in [7, 11) is 0. The predicted octanol–water partition coefficient (Wildman–Crippen LogP) is 0.449. The van der Waals surface area contributed by atoms with E-state index in [1.807, 2.05) is 12.5 Å². The van der Waals surface area contributed by atoms with Crippen molar-refractivity contribution in [3.05, 3.63) is 18.7 Å². The number of nitrogens with zero attached hydrogens (tertiary/aromatic N) is 3. The first-order valence-electron chi connectivity index (χ1n) is 6.25. The average Bonchev–Trinajstić information content (AvgIpc) is 2.82. The molecule has 1 fully saturated rings. The van der Waals surface area contributed by atoms with E-state index in [0.717, 1.165) is 32.6 Å². The summed E-state index contributed by atoms with van der Waals surface area (Å²) < 4.78 is 7.48. The molecular weight excluding hydrogens is 234 g/mol. The van der Waals surface area contributed by atoms with Crippen LogP contribution in [0.25, 0.3) is 0 Å². The molecule has 1 N–H and O–H groups in total. The molecule has 2 rings (SSSR count). The van der Waals surface area contributed by atoms with Gasteiger partial charge in [0.05, 0.1) is 25.5 Å². The van der Waals surface area contributed by atoms with Gasteiger partial charge in [-0.2, -0.15) is 0 Å². The fraction of sp³-hybridized carbons (Fsp3) is 0.667. The van der Waals surface area contributed by atoms with E-state index < -0.39 is 5.97 Å². The van der Waals surface area contributed by atoms with E-state index in [2.05, 4.69) is 14.5 Å². The van der Waals surface area contributed by atoms with Crippen molar-refractivity contribution >= 4 is 5.97 Å². The molecule has 0 amide bonds. The smallest absolute Gasteiger partial charge is 0.306 e. The molecule has 2 heterocycles. The SMILES string of the molecule is O=C(O)CC1CN(CCCn2ccnc2)CCO1. The largest absolute Gasteiger partial charge is 0.481 e. The lowest BCUT2D eigenvalue weighted by atomic mass is 10.2. The number of carbonyl (C=O) groups is 1. The number of carboxylic acid groups (broad SMARTS) is 1. The highest BCUT2D eigenvalue weighted by Gasteiger charge is 2.22. The normalized spacial score (nSPS) is 21.0. The molecule has 0 radical (unpaired) electrons. The van der Waals surface area contributed by atoms with E-state index in [1.165, 1.54) is 0 Å². The Morgan fingerprint density at radius 1 is 1.50 bits per heavy atom. The van der Waals surface area contributed by atoms with Crippen LogP contribution >= 0.6 is 0 Å². The number of aryl methyl sites for hydroxylation is 1. The Morgan fingerprint density at radius 2 is 2.39 bits per heavy atom. The number of imidazole rings is 1. The first kappa shape index (κ1) is 13.0. The number of aromatic nitrogens is 2. The van der Waals surface area contributed by atoms with Crippen molar-refractivity contribution in [2.24, 2.45) is 0 Å². The predicted molar refractivity (Wildman–Crippen MR) is 65.3 cm³/mol. The standard InChI is InChI=1S/C12H19N3O3/c16-12(17)8-11-9-14(6-7-18-11)3-1-4-15-5-2-13-10-15/h2,5,10-11H,1,3-4,6-9H2,(H,16,17). The Balaban J connectivity index is 1.67. The van der Waals surface area contributed by atoms with Crippen molar-refractivity contribution in [2.75, 3.05) is 26.2 Å². The summed E-state index contributed by atoms with van der Waals surface area (Å²) in [6.07, 6.45) is 6.51. The van der Waals surface area contributed by atoms with Gasteiger partial charge in [0, 0.05) is 38.6 Å². The highest BCUT2D eigenvalue weighted by molar-refractivity contribution is 5.67. The third kappa shape index (κ3) is 4.12. The van der Waals surface area contributed by atoms with Gasteiger partial charge in [-0.05, 0) is 6.42 Å². The number of morpholine rings is 1. The summed E-state index contributed by atoms with van der Waals surface area (Å²) in [6, 6.07) is 0. The van der Waals surface area contributed by atoms with Gasteiger partial charge in [0.1, 0.15) is 0 Å². The van der Waals surface area contributed by atoms with Crippen molar-refractivity contribution in [1.82, 2.24) is 14.5 Å². The van der Waals surface area contributed by atoms with Crippen LogP contribution in [0.2, 0.25) is 0 Å². The van der Waals surface area contributed by atoms with Crippen molar-refractivity contribution in [3.63, 3.8) is 0 Å². The van der Waals surface area contributed by atoms with Crippen LogP contribution in [-0.4, -0.2) is 57.9 Å². The highest BCUT2D eigenvalue weighted by Crippen LogP contribution is 2.09. The molecule has 1 aromatic heterocycles. The quantitative estimate of drug-likeness (QED) is 0.797. The fourth-order valence-electron chi connectivity index (χ4n) is 2.20. The molecule has 1 atom stereocenters. The number of ether oxygens (including phenoxy) is 1. The third-order valence-electron chi connectivity index (χ3n) is 3.08. The maximum atomic E-state index is 10.6. The minimum Gasteiger partial charge on any atom is -0.481 e. The molecule has 0 bridgehead atoms. The van der Waals surface area contributed by atoms with Crippen LogP contribution in [0.5, 0.6) is 0 Å². The van der Waals surface area contributed by atoms with Crippen LogP contribution in [0.3, 0.4) is 0 Å². The van der Waals surface area contributed by atoms with Gasteiger partial charge in [-0.1, -0.05) is 0 Å². The van der Waals surface area contributed by atoms with Crippen molar-refractivity contribution < 1.29 is 14.6 Å². The summed E-state index contributed by atoms with van der Waals surface area (Å²) in [5.41, 5.74) is 0. The van der Waals surface area contributed by atoms with Crippen LogP contribution in [0, 0.1) is 0 Å². The number of carboxylic acids is 1. The Morgan fingerprint density at radius 3 is 3.11 bits per heavy atom. The zero-order valence-electron chi connectivity index (χ0n) is 10.4. The molecule has 100 valence electrons. The van der Waals surface area contributed by atoms with E-state index in [9.17, 15) is 4.79 Å². The molecule has 1 aromatic rings. The molecular formula is C12H19N3O3. The van der Waals surface area contributed by atoms with E-state index in [0.29, 0.717) is 6.61 Å². The van der Waals surface area contributed by atoms with Crippen LogP contribution < -0.4 is 0 Å². The lowest BCUT2D eigenvalue weighted by Crippen LogP contribution is -2.43. The Bertz CT molecular complexity index is 367. The molecule has 6 nitrogen and oxygen atoms in total. The van der Waals surface area contributed by atoms with Gasteiger partial charge in [-0.15, -0.1) is 0 Å². The molecule has 1 aliphatic heterocycles. The van der Waals surface area contributed by atoms with Gasteiger partial charge in [-0.3, -0.25) is 9.69 Å². The second-order valence-electron chi connectivity index (χ2n) is 4.55. The Labute approximate surface area is 106 Å². The molecule has 0 aromatic carbocycles. The van der Waals surface area contributed by atoms with Crippen LogP contribution in [0.1, 0.15) is 12.8 Å². The number of rotatable bonds is 6. The van der Waals surface area contributed by atoms with Gasteiger partial charge in [0.2, 0.25) is 0 Å². The topological polar surface area (TPSA) is 67.6 Å². The van der Waals surface area contributed by atoms with Crippen molar-refractivity contribution in [3.8, 4) is 0 Å². The first-order chi connectivity index (χ1) is 8.74. The third-order valence-corrected chi connectivity index (χ3v) is 3.08. The molecule has 6 heteroatoms. The minimum absolute atomic E-state index is 0.0953. The molecule has 1 aliphatic rings. The zero-order chi connectivity index (χ0) is 12.8. The van der Waals surface area contributed by atoms with Crippen molar-refractivity contribution in [1.29, 1.82) is 0 Å².